The third-order valence-electron chi connectivity index (χ3n) is 7.60. The van der Waals surface area contributed by atoms with Crippen LogP contribution in [0.1, 0.15) is 43.4 Å². The number of hydrogen-bond acceptors (Lipinski definition) is 6. The highest BCUT2D eigenvalue weighted by atomic mass is 35.5. The Morgan fingerprint density at radius 2 is 1.81 bits per heavy atom. The quantitative estimate of drug-likeness (QED) is 0.552. The molecule has 2 N–H and O–H groups in total. The number of rotatable bonds is 6. The molecule has 3 aliphatic rings. The Bertz CT molecular complexity index is 1110. The fourth-order valence-electron chi connectivity index (χ4n) is 5.65. The first-order valence-corrected chi connectivity index (χ1v) is 13.4. The van der Waals surface area contributed by atoms with E-state index in [1.807, 2.05) is 12.1 Å². The van der Waals surface area contributed by atoms with Gasteiger partial charge in [0, 0.05) is 55.0 Å². The number of pyridine rings is 1. The minimum Gasteiger partial charge on any atom is -0.353 e. The third kappa shape index (κ3) is 5.47. The summed E-state index contributed by atoms with van der Waals surface area (Å²) in [7, 11) is 0. The summed E-state index contributed by atoms with van der Waals surface area (Å²) in [5, 5.41) is 6.12. The number of halogens is 2. The molecule has 192 valence electrons. The lowest BCUT2D eigenvalue weighted by Crippen LogP contribution is -2.58. The van der Waals surface area contributed by atoms with Gasteiger partial charge >= 0.3 is 6.03 Å². The Hall–Kier alpha value is -2.39. The molecular weight excluding hydrogens is 499 g/mol. The van der Waals surface area contributed by atoms with Crippen LogP contribution in [0.25, 0.3) is 0 Å². The smallest absolute Gasteiger partial charge is 0.322 e. The van der Waals surface area contributed by atoms with Crippen LogP contribution in [-0.4, -0.2) is 71.5 Å². The van der Waals surface area contributed by atoms with Crippen LogP contribution in [0.2, 0.25) is 10.0 Å². The number of likely N-dealkylation sites (tertiary alicyclic amines) is 1. The van der Waals surface area contributed by atoms with Crippen LogP contribution in [0.4, 0.5) is 10.6 Å². The van der Waals surface area contributed by atoms with Gasteiger partial charge in [-0.15, -0.1) is 0 Å². The van der Waals surface area contributed by atoms with Gasteiger partial charge in [-0.1, -0.05) is 42.3 Å². The van der Waals surface area contributed by atoms with Crippen molar-refractivity contribution >= 4 is 41.0 Å². The van der Waals surface area contributed by atoms with Crippen LogP contribution in [0.5, 0.6) is 0 Å². The number of benzene rings is 1. The maximum Gasteiger partial charge on any atom is 0.322 e. The Morgan fingerprint density at radius 1 is 1.06 bits per heavy atom. The molecule has 0 saturated carbocycles. The molecule has 36 heavy (non-hydrogen) atoms. The molecule has 3 aliphatic heterocycles. The van der Waals surface area contributed by atoms with Crippen LogP contribution >= 0.6 is 23.2 Å². The average Bonchev–Trinajstić information content (AvgIpc) is 3.23. The van der Waals surface area contributed by atoms with Crippen molar-refractivity contribution < 1.29 is 9.59 Å². The van der Waals surface area contributed by atoms with E-state index < -0.39 is 12.1 Å². The fourth-order valence-corrected chi connectivity index (χ4v) is 6.07. The number of imide groups is 1. The Balaban J connectivity index is 1.18. The molecule has 3 fully saturated rings. The monoisotopic (exact) mass is 530 g/mol. The summed E-state index contributed by atoms with van der Waals surface area (Å²) in [6, 6.07) is 9.68. The number of hydrogen-bond donors (Lipinski definition) is 2. The van der Waals surface area contributed by atoms with Gasteiger partial charge < -0.3 is 10.2 Å². The number of anilines is 1. The van der Waals surface area contributed by atoms with Crippen LogP contribution in [0, 0.1) is 0 Å². The largest absolute Gasteiger partial charge is 0.353 e. The van der Waals surface area contributed by atoms with E-state index in [1.54, 1.807) is 12.3 Å². The Morgan fingerprint density at radius 3 is 2.44 bits per heavy atom. The maximum atomic E-state index is 12.0. The molecule has 0 aliphatic carbocycles. The standard InChI is InChI=1S/C26H32Cl2N6O2/c1-2-20-16-33(24-22(28)13-18(14-29-24)23-25(35)31-26(36)30-23)11-12-34(20)21-7-9-32(10-8-21)15-17-3-5-19(27)6-4-17/h3-6,13-14,20-21,23H,2,7-12,15-16H2,1H3,(H2,30,31,35,36)/t20-,23?/m0/s1. The van der Waals surface area contributed by atoms with Crippen molar-refractivity contribution in [2.24, 2.45) is 0 Å². The van der Waals surface area contributed by atoms with Crippen molar-refractivity contribution in [1.82, 2.24) is 25.4 Å². The van der Waals surface area contributed by atoms with Crippen LogP contribution < -0.4 is 15.5 Å². The lowest BCUT2D eigenvalue weighted by Gasteiger charge is -2.47. The minimum absolute atomic E-state index is 0.385. The maximum absolute atomic E-state index is 12.0. The first-order chi connectivity index (χ1) is 17.4. The molecule has 2 atom stereocenters. The second-order valence-corrected chi connectivity index (χ2v) is 10.7. The molecule has 1 unspecified atom stereocenters. The highest BCUT2D eigenvalue weighted by Gasteiger charge is 2.35. The molecule has 1 aromatic heterocycles. The van der Waals surface area contributed by atoms with Gasteiger partial charge in [0.1, 0.15) is 11.9 Å². The molecule has 1 aromatic carbocycles. The highest BCUT2D eigenvalue weighted by molar-refractivity contribution is 6.33. The number of piperidine rings is 1. The number of carbonyl (C=O) groups excluding carboxylic acids is 2. The second kappa shape index (κ2) is 10.9. The van der Waals surface area contributed by atoms with E-state index in [-0.39, 0.29) is 5.91 Å². The first kappa shape index (κ1) is 25.3. The number of amides is 3. The molecule has 10 heteroatoms. The van der Waals surface area contributed by atoms with Crippen LogP contribution in [0.15, 0.2) is 36.5 Å². The van der Waals surface area contributed by atoms with E-state index in [1.165, 1.54) is 18.4 Å². The molecule has 0 bridgehead atoms. The van der Waals surface area contributed by atoms with Crippen molar-refractivity contribution in [1.29, 1.82) is 0 Å². The zero-order valence-electron chi connectivity index (χ0n) is 20.4. The summed E-state index contributed by atoms with van der Waals surface area (Å²) in [5.41, 5.74) is 1.90. The minimum atomic E-state index is -0.748. The molecule has 0 radical (unpaired) electrons. The van der Waals surface area contributed by atoms with Gasteiger partial charge in [-0.25, -0.2) is 9.78 Å². The molecule has 5 rings (SSSR count). The van der Waals surface area contributed by atoms with Gasteiger partial charge in [-0.05, 0) is 56.1 Å². The predicted octanol–water partition coefficient (Wildman–Crippen LogP) is 3.83. The van der Waals surface area contributed by atoms with Crippen molar-refractivity contribution in [3.8, 4) is 0 Å². The van der Waals surface area contributed by atoms with Gasteiger partial charge in [-0.3, -0.25) is 19.9 Å². The fraction of sp³-hybridized carbons (Fsp3) is 0.500. The zero-order valence-corrected chi connectivity index (χ0v) is 21.9. The number of nitrogens with zero attached hydrogens (tertiary/aromatic N) is 4. The molecule has 3 saturated heterocycles. The first-order valence-electron chi connectivity index (χ1n) is 12.7. The molecular formula is C26H32Cl2N6O2. The van der Waals surface area contributed by atoms with Gasteiger partial charge in [0.15, 0.2) is 0 Å². The number of piperazine rings is 1. The molecule has 2 aromatic rings. The van der Waals surface area contributed by atoms with E-state index in [0.717, 1.165) is 56.5 Å². The van der Waals surface area contributed by atoms with Crippen molar-refractivity contribution in [2.75, 3.05) is 37.6 Å². The van der Waals surface area contributed by atoms with E-state index >= 15 is 0 Å². The van der Waals surface area contributed by atoms with Gasteiger partial charge in [0.25, 0.3) is 5.91 Å². The summed E-state index contributed by atoms with van der Waals surface area (Å²) < 4.78 is 0. The molecule has 3 amide bonds. The topological polar surface area (TPSA) is 80.8 Å². The van der Waals surface area contributed by atoms with Gasteiger partial charge in [0.2, 0.25) is 0 Å². The third-order valence-corrected chi connectivity index (χ3v) is 8.13. The van der Waals surface area contributed by atoms with Crippen molar-refractivity contribution in [2.45, 2.75) is 50.9 Å². The summed E-state index contributed by atoms with van der Waals surface area (Å²) in [5.74, 6) is 0.352. The van der Waals surface area contributed by atoms with E-state index in [9.17, 15) is 9.59 Å². The lowest BCUT2D eigenvalue weighted by molar-refractivity contribution is -0.120. The highest BCUT2D eigenvalue weighted by Crippen LogP contribution is 2.31. The molecule has 4 heterocycles. The number of aromatic nitrogens is 1. The van der Waals surface area contributed by atoms with Crippen molar-refractivity contribution in [3.63, 3.8) is 0 Å². The van der Waals surface area contributed by atoms with E-state index in [4.69, 9.17) is 23.2 Å². The molecule has 8 nitrogen and oxygen atoms in total. The number of nitrogens with one attached hydrogen (secondary N) is 2. The molecule has 0 spiro atoms. The lowest BCUT2D eigenvalue weighted by atomic mass is 9.97. The summed E-state index contributed by atoms with van der Waals surface area (Å²) in [6.45, 7) is 8.12. The predicted molar refractivity (Wildman–Crippen MR) is 141 cm³/mol. The summed E-state index contributed by atoms with van der Waals surface area (Å²) in [4.78, 5) is 35.5. The second-order valence-electron chi connectivity index (χ2n) is 9.85. The number of carbonyl (C=O) groups is 2. The SMILES string of the molecule is CC[C@H]1CN(c2ncc(C3NC(=O)NC3=O)cc2Cl)CCN1C1CCN(Cc2ccc(Cl)cc2)CC1. The van der Waals surface area contributed by atoms with Crippen LogP contribution in [0.3, 0.4) is 0 Å². The summed E-state index contributed by atoms with van der Waals surface area (Å²) >= 11 is 12.6. The average molecular weight is 531 g/mol. The van der Waals surface area contributed by atoms with Gasteiger partial charge in [0.05, 0.1) is 5.02 Å². The van der Waals surface area contributed by atoms with Gasteiger partial charge in [-0.2, -0.15) is 0 Å². The van der Waals surface area contributed by atoms with E-state index in [0.29, 0.717) is 22.7 Å². The Kier molecular flexibility index (Phi) is 7.67. The zero-order chi connectivity index (χ0) is 25.2. The van der Waals surface area contributed by atoms with E-state index in [2.05, 4.69) is 49.4 Å². The van der Waals surface area contributed by atoms with Crippen LogP contribution in [-0.2, 0) is 11.3 Å². The summed E-state index contributed by atoms with van der Waals surface area (Å²) in [6.07, 6.45) is 5.05. The number of urea groups is 1. The normalized spacial score (nSPS) is 24.1. The van der Waals surface area contributed by atoms with Crippen molar-refractivity contribution in [3.05, 3.63) is 57.7 Å². The Labute approximate surface area is 221 Å².